The predicted octanol–water partition coefficient (Wildman–Crippen LogP) is 0.627. The quantitative estimate of drug-likeness (QED) is 0.864. The molecule has 3 heterocycles. The van der Waals surface area contributed by atoms with Crippen LogP contribution in [0.1, 0.15) is 5.89 Å². The van der Waals surface area contributed by atoms with E-state index in [9.17, 15) is 0 Å². The monoisotopic (exact) mass is 259 g/mol. The number of furan rings is 1. The van der Waals surface area contributed by atoms with E-state index in [0.717, 1.165) is 13.1 Å². The predicted molar refractivity (Wildman–Crippen MR) is 64.7 cm³/mol. The van der Waals surface area contributed by atoms with Gasteiger partial charge in [0.2, 0.25) is 11.7 Å². The van der Waals surface area contributed by atoms with E-state index in [4.69, 9.17) is 14.2 Å². The Bertz CT molecular complexity index is 571. The highest BCUT2D eigenvalue weighted by molar-refractivity contribution is 5.44. The molecular weight excluding hydrogens is 246 g/mol. The van der Waals surface area contributed by atoms with Crippen LogP contribution in [-0.4, -0.2) is 40.7 Å². The summed E-state index contributed by atoms with van der Waals surface area (Å²) in [6.45, 7) is 2.79. The lowest BCUT2D eigenvalue weighted by Crippen LogP contribution is -2.50. The minimum absolute atomic E-state index is 0.160. The molecule has 0 radical (unpaired) electrons. The number of nitrogens with one attached hydrogen (secondary N) is 1. The second-order valence-corrected chi connectivity index (χ2v) is 4.31. The van der Waals surface area contributed by atoms with Crippen molar-refractivity contribution >= 4 is 0 Å². The highest BCUT2D eigenvalue weighted by Crippen LogP contribution is 2.17. The molecule has 2 aromatic heterocycles. The van der Waals surface area contributed by atoms with Gasteiger partial charge in [-0.05, 0) is 12.1 Å². The lowest BCUT2D eigenvalue weighted by molar-refractivity contribution is 0.167. The van der Waals surface area contributed by atoms with Crippen molar-refractivity contribution in [2.45, 2.75) is 12.6 Å². The van der Waals surface area contributed by atoms with E-state index in [1.54, 1.807) is 18.4 Å². The maximum Gasteiger partial charge on any atom is 0.241 e. The van der Waals surface area contributed by atoms with Crippen molar-refractivity contribution in [3.8, 4) is 17.7 Å². The first-order valence-electron chi connectivity index (χ1n) is 6.07. The molecule has 1 atom stereocenters. The summed E-state index contributed by atoms with van der Waals surface area (Å²) in [6.07, 6.45) is 1.56. The van der Waals surface area contributed by atoms with Gasteiger partial charge in [-0.1, -0.05) is 5.16 Å². The van der Waals surface area contributed by atoms with Gasteiger partial charge in [0.15, 0.2) is 5.76 Å². The summed E-state index contributed by atoms with van der Waals surface area (Å²) in [5, 5.41) is 16.1. The van der Waals surface area contributed by atoms with Gasteiger partial charge in [0, 0.05) is 19.6 Å². The largest absolute Gasteiger partial charge is 0.461 e. The lowest BCUT2D eigenvalue weighted by atomic mass is 10.2. The highest BCUT2D eigenvalue weighted by atomic mass is 16.5. The molecule has 0 aliphatic carbocycles. The standard InChI is InChI=1S/C12H13N5O2/c13-6-9-7-14-3-4-17(9)8-11-15-12(16-19-11)10-2-1-5-18-10/h1-2,5,9,14H,3-4,7-8H2. The zero-order chi connectivity index (χ0) is 13.1. The Morgan fingerprint density at radius 1 is 1.58 bits per heavy atom. The molecule has 0 saturated carbocycles. The van der Waals surface area contributed by atoms with Crippen LogP contribution in [0.2, 0.25) is 0 Å². The maximum absolute atomic E-state index is 9.08. The van der Waals surface area contributed by atoms with Crippen LogP contribution in [0.4, 0.5) is 0 Å². The summed E-state index contributed by atoms with van der Waals surface area (Å²) in [5.41, 5.74) is 0. The zero-order valence-electron chi connectivity index (χ0n) is 10.2. The van der Waals surface area contributed by atoms with Gasteiger partial charge in [-0.3, -0.25) is 4.90 Å². The van der Waals surface area contributed by atoms with Crippen LogP contribution < -0.4 is 5.32 Å². The lowest BCUT2D eigenvalue weighted by Gasteiger charge is -2.30. The Balaban J connectivity index is 1.72. The average Bonchev–Trinajstić information content (AvgIpc) is 3.09. The van der Waals surface area contributed by atoms with Crippen LogP contribution in [0.5, 0.6) is 0 Å². The minimum Gasteiger partial charge on any atom is -0.461 e. The molecule has 19 heavy (non-hydrogen) atoms. The Morgan fingerprint density at radius 3 is 3.32 bits per heavy atom. The van der Waals surface area contributed by atoms with Gasteiger partial charge in [-0.25, -0.2) is 0 Å². The van der Waals surface area contributed by atoms with Crippen molar-refractivity contribution < 1.29 is 8.94 Å². The normalized spacial score (nSPS) is 20.3. The zero-order valence-corrected chi connectivity index (χ0v) is 10.2. The van der Waals surface area contributed by atoms with Gasteiger partial charge < -0.3 is 14.3 Å². The molecule has 1 saturated heterocycles. The Labute approximate surface area is 109 Å². The summed E-state index contributed by atoms with van der Waals surface area (Å²) in [4.78, 5) is 6.30. The molecule has 1 fully saturated rings. The van der Waals surface area contributed by atoms with Crippen LogP contribution in [0.3, 0.4) is 0 Å². The van der Waals surface area contributed by atoms with Crippen LogP contribution >= 0.6 is 0 Å². The van der Waals surface area contributed by atoms with Crippen LogP contribution in [0, 0.1) is 11.3 Å². The molecule has 0 amide bonds. The number of nitriles is 1. The second kappa shape index (κ2) is 5.22. The number of hydrogen-bond donors (Lipinski definition) is 1. The van der Waals surface area contributed by atoms with Gasteiger partial charge in [0.1, 0.15) is 6.04 Å². The maximum atomic E-state index is 9.08. The van der Waals surface area contributed by atoms with Crippen molar-refractivity contribution in [2.24, 2.45) is 0 Å². The van der Waals surface area contributed by atoms with Gasteiger partial charge in [-0.2, -0.15) is 10.2 Å². The van der Waals surface area contributed by atoms with E-state index in [0.29, 0.717) is 30.6 Å². The van der Waals surface area contributed by atoms with Crippen molar-refractivity contribution in [3.05, 3.63) is 24.3 Å². The molecule has 3 rings (SSSR count). The summed E-state index contributed by atoms with van der Waals surface area (Å²) in [7, 11) is 0. The van der Waals surface area contributed by atoms with Crippen molar-refractivity contribution in [1.82, 2.24) is 20.4 Å². The van der Waals surface area contributed by atoms with Crippen molar-refractivity contribution in [2.75, 3.05) is 19.6 Å². The molecule has 7 nitrogen and oxygen atoms in total. The molecule has 0 aromatic carbocycles. The molecule has 7 heteroatoms. The third kappa shape index (κ3) is 2.50. The van der Waals surface area contributed by atoms with E-state index in [1.807, 2.05) is 4.90 Å². The molecule has 98 valence electrons. The molecule has 0 spiro atoms. The highest BCUT2D eigenvalue weighted by Gasteiger charge is 2.24. The van der Waals surface area contributed by atoms with Crippen LogP contribution in [-0.2, 0) is 6.54 Å². The van der Waals surface area contributed by atoms with Crippen LogP contribution in [0.25, 0.3) is 11.6 Å². The van der Waals surface area contributed by atoms with Crippen molar-refractivity contribution in [1.29, 1.82) is 5.26 Å². The summed E-state index contributed by atoms with van der Waals surface area (Å²) in [5.74, 6) is 1.50. The fourth-order valence-corrected chi connectivity index (χ4v) is 2.06. The summed E-state index contributed by atoms with van der Waals surface area (Å²) < 4.78 is 10.4. The number of hydrogen-bond acceptors (Lipinski definition) is 7. The molecule has 2 aromatic rings. The third-order valence-corrected chi connectivity index (χ3v) is 3.05. The number of aromatic nitrogens is 2. The van der Waals surface area contributed by atoms with Crippen LogP contribution in [0.15, 0.2) is 27.3 Å². The van der Waals surface area contributed by atoms with Crippen molar-refractivity contribution in [3.63, 3.8) is 0 Å². The van der Waals surface area contributed by atoms with Gasteiger partial charge in [-0.15, -0.1) is 0 Å². The molecular formula is C12H13N5O2. The SMILES string of the molecule is N#CC1CNCCN1Cc1nc(-c2ccco2)no1. The molecule has 1 unspecified atom stereocenters. The molecule has 1 aliphatic rings. The van der Waals surface area contributed by atoms with E-state index >= 15 is 0 Å². The first kappa shape index (κ1) is 11.9. The Hall–Kier alpha value is -2.17. The third-order valence-electron chi connectivity index (χ3n) is 3.05. The summed E-state index contributed by atoms with van der Waals surface area (Å²) in [6, 6.07) is 5.65. The second-order valence-electron chi connectivity index (χ2n) is 4.31. The molecule has 1 aliphatic heterocycles. The van der Waals surface area contributed by atoms with E-state index in [2.05, 4.69) is 21.5 Å². The van der Waals surface area contributed by atoms with Gasteiger partial charge in [0.05, 0.1) is 18.9 Å². The fraction of sp³-hybridized carbons (Fsp3) is 0.417. The van der Waals surface area contributed by atoms with Gasteiger partial charge in [0.25, 0.3) is 0 Å². The topological polar surface area (TPSA) is 91.1 Å². The average molecular weight is 259 g/mol. The number of piperazine rings is 1. The Morgan fingerprint density at radius 2 is 2.53 bits per heavy atom. The van der Waals surface area contributed by atoms with E-state index in [-0.39, 0.29) is 6.04 Å². The first-order valence-corrected chi connectivity index (χ1v) is 6.07. The Kier molecular flexibility index (Phi) is 3.27. The molecule has 1 N–H and O–H groups in total. The van der Waals surface area contributed by atoms with E-state index < -0.39 is 0 Å². The van der Waals surface area contributed by atoms with Gasteiger partial charge >= 0.3 is 0 Å². The number of rotatable bonds is 3. The molecule has 0 bridgehead atoms. The summed E-state index contributed by atoms with van der Waals surface area (Å²) >= 11 is 0. The smallest absolute Gasteiger partial charge is 0.241 e. The first-order chi connectivity index (χ1) is 9.36. The minimum atomic E-state index is -0.160. The fourth-order valence-electron chi connectivity index (χ4n) is 2.06. The number of nitrogens with zero attached hydrogens (tertiary/aromatic N) is 4. The van der Waals surface area contributed by atoms with E-state index in [1.165, 1.54) is 0 Å².